The second-order valence-electron chi connectivity index (χ2n) is 22.5. The first-order chi connectivity index (χ1) is 36.7. The van der Waals surface area contributed by atoms with E-state index in [1.165, 1.54) is 205 Å². The van der Waals surface area contributed by atoms with Crippen molar-refractivity contribution >= 4 is 5.91 Å². The van der Waals surface area contributed by atoms with Gasteiger partial charge in [-0.05, 0) is 64.2 Å². The molecule has 0 spiro atoms. The molecular formula is C64H121NO10. The Bertz CT molecular complexity index is 1310. The van der Waals surface area contributed by atoms with Gasteiger partial charge < -0.3 is 50.5 Å². The molecule has 0 aromatic rings. The SMILES string of the molecule is CCCCCC/C=C/CC/C=C/CC/C=C/CCCC(O)C(O)C(COC1OC(CO)C(O)C(O)C1O)NC(=O)C(O)CCCCCCCCCCCCCCCCCCCCCCCCCCCCCCCCC. The maximum Gasteiger partial charge on any atom is 0.249 e. The van der Waals surface area contributed by atoms with Crippen LogP contribution in [0.5, 0.6) is 0 Å². The fraction of sp³-hybridized carbons (Fsp3) is 0.891. The molecule has 1 rings (SSSR count). The van der Waals surface area contributed by atoms with Crippen molar-refractivity contribution in [2.45, 2.75) is 351 Å². The van der Waals surface area contributed by atoms with Crippen molar-refractivity contribution < 1.29 is 50.0 Å². The summed E-state index contributed by atoms with van der Waals surface area (Å²) in [6.07, 6.45) is 55.1. The summed E-state index contributed by atoms with van der Waals surface area (Å²) in [5.41, 5.74) is 0. The zero-order valence-electron chi connectivity index (χ0n) is 48.5. The molecule has 1 heterocycles. The lowest BCUT2D eigenvalue weighted by Gasteiger charge is -2.40. The van der Waals surface area contributed by atoms with E-state index in [0.717, 1.165) is 44.9 Å². The lowest BCUT2D eigenvalue weighted by atomic mass is 9.98. The Kier molecular flexibility index (Phi) is 50.4. The maximum absolute atomic E-state index is 13.2. The summed E-state index contributed by atoms with van der Waals surface area (Å²) in [6, 6.07) is -1.19. The Hall–Kier alpha value is -1.67. The van der Waals surface area contributed by atoms with Gasteiger partial charge >= 0.3 is 0 Å². The van der Waals surface area contributed by atoms with Crippen molar-refractivity contribution in [2.24, 2.45) is 0 Å². The fourth-order valence-electron chi connectivity index (χ4n) is 10.2. The summed E-state index contributed by atoms with van der Waals surface area (Å²) in [6.45, 7) is 3.44. The number of carbonyl (C=O) groups excluding carboxylic acids is 1. The van der Waals surface area contributed by atoms with Crippen LogP contribution in [0, 0.1) is 0 Å². The minimum Gasteiger partial charge on any atom is -0.394 e. The average molecular weight is 1060 g/mol. The third-order valence-corrected chi connectivity index (χ3v) is 15.4. The van der Waals surface area contributed by atoms with E-state index < -0.39 is 74.2 Å². The highest BCUT2D eigenvalue weighted by Gasteiger charge is 2.44. The van der Waals surface area contributed by atoms with Crippen molar-refractivity contribution in [3.63, 3.8) is 0 Å². The van der Waals surface area contributed by atoms with E-state index in [1.54, 1.807) is 0 Å². The van der Waals surface area contributed by atoms with Gasteiger partial charge in [0.1, 0.15) is 36.6 Å². The predicted molar refractivity (Wildman–Crippen MR) is 312 cm³/mol. The number of nitrogens with one attached hydrogen (secondary N) is 1. The summed E-state index contributed by atoms with van der Waals surface area (Å²) in [7, 11) is 0. The topological polar surface area (TPSA) is 189 Å². The number of ether oxygens (including phenoxy) is 2. The first kappa shape index (κ1) is 71.3. The van der Waals surface area contributed by atoms with Crippen LogP contribution in [0.25, 0.3) is 0 Å². The first-order valence-electron chi connectivity index (χ1n) is 31.9. The van der Waals surface area contributed by atoms with E-state index in [9.17, 15) is 40.5 Å². The molecular weight excluding hydrogens is 943 g/mol. The third-order valence-electron chi connectivity index (χ3n) is 15.4. The van der Waals surface area contributed by atoms with E-state index in [2.05, 4.69) is 55.6 Å². The van der Waals surface area contributed by atoms with Crippen molar-refractivity contribution in [2.75, 3.05) is 13.2 Å². The number of amides is 1. The van der Waals surface area contributed by atoms with Crippen LogP contribution in [0.4, 0.5) is 0 Å². The Morgan fingerprint density at radius 2 is 0.800 bits per heavy atom. The number of carbonyl (C=O) groups is 1. The normalized spacial score (nSPS) is 19.9. The highest BCUT2D eigenvalue weighted by Crippen LogP contribution is 2.24. The molecule has 1 aliphatic heterocycles. The lowest BCUT2D eigenvalue weighted by Crippen LogP contribution is -2.60. The van der Waals surface area contributed by atoms with Crippen LogP contribution in [0.3, 0.4) is 0 Å². The van der Waals surface area contributed by atoms with Gasteiger partial charge in [-0.3, -0.25) is 4.79 Å². The number of hydrogen-bond donors (Lipinski definition) is 8. The molecule has 0 aromatic heterocycles. The van der Waals surface area contributed by atoms with E-state index in [-0.39, 0.29) is 12.8 Å². The number of hydrogen-bond acceptors (Lipinski definition) is 10. The molecule has 442 valence electrons. The van der Waals surface area contributed by atoms with Gasteiger partial charge in [0.05, 0.1) is 25.4 Å². The smallest absolute Gasteiger partial charge is 0.249 e. The quantitative estimate of drug-likeness (QED) is 0.0215. The second-order valence-corrected chi connectivity index (χ2v) is 22.5. The molecule has 0 aromatic carbocycles. The van der Waals surface area contributed by atoms with Crippen LogP contribution >= 0.6 is 0 Å². The van der Waals surface area contributed by atoms with Crippen molar-refractivity contribution in [3.8, 4) is 0 Å². The van der Waals surface area contributed by atoms with Crippen LogP contribution in [0.1, 0.15) is 296 Å². The van der Waals surface area contributed by atoms with Crippen molar-refractivity contribution in [1.82, 2.24) is 5.32 Å². The number of aliphatic hydroxyl groups excluding tert-OH is 7. The first-order valence-corrected chi connectivity index (χ1v) is 31.9. The van der Waals surface area contributed by atoms with Crippen LogP contribution in [0.15, 0.2) is 36.5 Å². The van der Waals surface area contributed by atoms with Gasteiger partial charge in [-0.2, -0.15) is 0 Å². The summed E-state index contributed by atoms with van der Waals surface area (Å²) in [5.74, 6) is -0.708. The largest absolute Gasteiger partial charge is 0.394 e. The number of aliphatic hydroxyl groups is 7. The summed E-state index contributed by atoms with van der Waals surface area (Å²) in [4.78, 5) is 13.2. The van der Waals surface area contributed by atoms with Gasteiger partial charge in [-0.1, -0.05) is 269 Å². The summed E-state index contributed by atoms with van der Waals surface area (Å²) >= 11 is 0. The van der Waals surface area contributed by atoms with Crippen molar-refractivity contribution in [3.05, 3.63) is 36.5 Å². The van der Waals surface area contributed by atoms with Gasteiger partial charge in [0, 0.05) is 0 Å². The van der Waals surface area contributed by atoms with E-state index >= 15 is 0 Å². The van der Waals surface area contributed by atoms with Crippen LogP contribution in [-0.4, -0.2) is 110 Å². The van der Waals surface area contributed by atoms with Gasteiger partial charge in [0.15, 0.2) is 6.29 Å². The van der Waals surface area contributed by atoms with Gasteiger partial charge in [-0.15, -0.1) is 0 Å². The molecule has 9 atom stereocenters. The third kappa shape index (κ3) is 41.1. The molecule has 11 nitrogen and oxygen atoms in total. The minimum absolute atomic E-state index is 0.242. The van der Waals surface area contributed by atoms with E-state index in [0.29, 0.717) is 19.3 Å². The second kappa shape index (κ2) is 53.0. The number of unbranched alkanes of at least 4 members (excludes halogenated alkanes) is 37. The molecule has 1 aliphatic rings. The molecule has 0 saturated carbocycles. The highest BCUT2D eigenvalue weighted by molar-refractivity contribution is 5.80. The van der Waals surface area contributed by atoms with Gasteiger partial charge in [0.2, 0.25) is 5.91 Å². The molecule has 1 amide bonds. The molecule has 1 saturated heterocycles. The highest BCUT2D eigenvalue weighted by atomic mass is 16.7. The Morgan fingerprint density at radius 1 is 0.453 bits per heavy atom. The van der Waals surface area contributed by atoms with E-state index in [4.69, 9.17) is 9.47 Å². The summed E-state index contributed by atoms with van der Waals surface area (Å²) in [5, 5.41) is 76.2. The number of allylic oxidation sites excluding steroid dienone is 6. The zero-order chi connectivity index (χ0) is 54.7. The zero-order valence-corrected chi connectivity index (χ0v) is 48.5. The molecule has 9 unspecified atom stereocenters. The predicted octanol–water partition coefficient (Wildman–Crippen LogP) is 14.2. The molecule has 0 bridgehead atoms. The Balaban J connectivity index is 2.22. The summed E-state index contributed by atoms with van der Waals surface area (Å²) < 4.78 is 11.1. The van der Waals surface area contributed by atoms with Crippen LogP contribution in [-0.2, 0) is 14.3 Å². The lowest BCUT2D eigenvalue weighted by molar-refractivity contribution is -0.303. The van der Waals surface area contributed by atoms with Crippen LogP contribution in [0.2, 0.25) is 0 Å². The molecule has 0 radical (unpaired) electrons. The number of rotatable bonds is 55. The van der Waals surface area contributed by atoms with Crippen molar-refractivity contribution in [1.29, 1.82) is 0 Å². The van der Waals surface area contributed by atoms with E-state index in [1.807, 2.05) is 0 Å². The average Bonchev–Trinajstić information content (AvgIpc) is 3.41. The molecule has 0 aliphatic carbocycles. The molecule has 75 heavy (non-hydrogen) atoms. The fourth-order valence-corrected chi connectivity index (χ4v) is 10.2. The molecule has 8 N–H and O–H groups in total. The Labute approximate surface area is 460 Å². The monoisotopic (exact) mass is 1060 g/mol. The van der Waals surface area contributed by atoms with Crippen LogP contribution < -0.4 is 5.32 Å². The Morgan fingerprint density at radius 3 is 1.19 bits per heavy atom. The maximum atomic E-state index is 13.2. The molecule has 1 fully saturated rings. The molecule has 11 heteroatoms. The van der Waals surface area contributed by atoms with Gasteiger partial charge in [-0.25, -0.2) is 0 Å². The van der Waals surface area contributed by atoms with Gasteiger partial charge in [0.25, 0.3) is 0 Å². The standard InChI is InChI=1S/C64H121NO10/c1-3-5-7-9-11-13-15-17-19-21-22-23-24-25-26-27-28-29-30-31-32-33-34-36-38-40-42-44-46-48-50-52-57(68)63(73)65-55(54-74-64-62(72)61(71)60(70)58(53-66)75-64)59(69)56(67)51-49-47-45-43-41-39-37-35-20-18-16-14-12-10-8-6-4-2/h14,16,35,37,43,45,55-62,64,66-72H,3-13,15,17-34,36,38-42,44,46-54H2,1-2H3,(H,65,73)/b16-14+,37-35+,45-43+. The minimum atomic E-state index is -1.67.